The zero-order chi connectivity index (χ0) is 78.0. The normalized spacial score (nSPS) is 11.6. The van der Waals surface area contributed by atoms with Gasteiger partial charge in [0.2, 0.25) is 17.7 Å². The lowest BCUT2D eigenvalue weighted by Gasteiger charge is -2.34. The summed E-state index contributed by atoms with van der Waals surface area (Å²) in [6.07, 6.45) is 1.70. The van der Waals surface area contributed by atoms with E-state index in [2.05, 4.69) is 20.8 Å². The number of amides is 3. The predicted octanol–water partition coefficient (Wildman–Crippen LogP) is -2.15. The maximum absolute atomic E-state index is 13.2. The Hall–Kier alpha value is -3.94. The highest BCUT2D eigenvalue weighted by atomic mass is 16.6. The maximum atomic E-state index is 13.2. The summed E-state index contributed by atoms with van der Waals surface area (Å²) >= 11 is 0. The summed E-state index contributed by atoms with van der Waals surface area (Å²) in [4.78, 5) is 73.6. The number of carboxylic acid groups (broad SMARTS) is 1. The van der Waals surface area contributed by atoms with Crippen molar-refractivity contribution in [1.29, 1.82) is 0 Å². The first-order valence-corrected chi connectivity index (χ1v) is 37.1. The number of nitrogens with one attached hydrogen (secondary N) is 3. The summed E-state index contributed by atoms with van der Waals surface area (Å²) in [5, 5.41) is 16.9. The van der Waals surface area contributed by atoms with Crippen LogP contribution in [0.15, 0.2) is 0 Å². The molecule has 108 heavy (non-hydrogen) atoms. The van der Waals surface area contributed by atoms with E-state index in [0.29, 0.717) is 291 Å². The van der Waals surface area contributed by atoms with Gasteiger partial charge in [0.25, 0.3) is 0 Å². The Balaban J connectivity index is 3.81. The van der Waals surface area contributed by atoms with Crippen LogP contribution in [0.5, 0.6) is 0 Å². The molecular formula is C69H132N4O35. The fourth-order valence-corrected chi connectivity index (χ4v) is 7.93. The van der Waals surface area contributed by atoms with Crippen LogP contribution in [0.4, 0.5) is 0 Å². The van der Waals surface area contributed by atoms with E-state index in [1.165, 1.54) is 0 Å². The number of aldehydes is 2. The molecule has 6 N–H and O–H groups in total. The molecule has 0 aliphatic carbocycles. The molecule has 0 aromatic rings. The minimum absolute atomic E-state index is 0.00631. The molecule has 3 amide bonds. The molecule has 0 spiro atoms. The second-order valence-corrected chi connectivity index (χ2v) is 22.2. The van der Waals surface area contributed by atoms with Crippen LogP contribution in [-0.4, -0.2) is 423 Å². The highest BCUT2D eigenvalue weighted by Crippen LogP contribution is 2.11. The molecule has 0 rings (SSSR count). The van der Waals surface area contributed by atoms with Crippen LogP contribution in [0.2, 0.25) is 0 Å². The minimum atomic E-state index is -1.21. The molecule has 39 heteroatoms. The summed E-state index contributed by atoms with van der Waals surface area (Å²) in [7, 11) is 0. The van der Waals surface area contributed by atoms with E-state index in [-0.39, 0.29) is 136 Å². The predicted molar refractivity (Wildman–Crippen MR) is 382 cm³/mol. The molecule has 0 aliphatic heterocycles. The smallest absolute Gasteiger partial charge is 0.305 e. The molecule has 0 saturated carbocycles. The summed E-state index contributed by atoms with van der Waals surface area (Å²) < 4.78 is 149. The van der Waals surface area contributed by atoms with Gasteiger partial charge >= 0.3 is 5.97 Å². The van der Waals surface area contributed by atoms with Crippen molar-refractivity contribution >= 4 is 36.3 Å². The zero-order valence-corrected chi connectivity index (χ0v) is 63.9. The van der Waals surface area contributed by atoms with E-state index in [9.17, 15) is 28.8 Å². The van der Waals surface area contributed by atoms with Gasteiger partial charge in [0.1, 0.15) is 24.7 Å². The van der Waals surface area contributed by atoms with Crippen molar-refractivity contribution in [3.05, 3.63) is 0 Å². The summed E-state index contributed by atoms with van der Waals surface area (Å²) in [5.74, 6) is 2.99. The second-order valence-electron chi connectivity index (χ2n) is 22.2. The van der Waals surface area contributed by atoms with Crippen LogP contribution in [0.1, 0.15) is 32.1 Å². The van der Waals surface area contributed by atoms with Crippen LogP contribution >= 0.6 is 0 Å². The van der Waals surface area contributed by atoms with Crippen LogP contribution in [0.25, 0.3) is 0 Å². The number of hydrogen-bond donors (Lipinski definition) is 5. The Morgan fingerprint density at radius 3 is 0.676 bits per heavy atom. The standard InChI is InChI=1S/C69H132N4O35/c70-108-61-67(78)72-7-16-84-20-24-88-28-32-92-36-40-96-44-48-100-52-56-104-59-57-101-53-49-97-45-41-93-37-33-89-29-25-85-21-17-81-12-4-66(77)73-69(62-105-10-1-8-74,63-106-11-2-9-75)64-107-13-3-65(76)71-6-15-83-19-23-87-27-31-91-35-39-95-43-47-99-51-55-103-60-58-102-54-50-98-46-42-94-38-34-90-30-26-86-22-18-82-14-5-68(79)80/h8-9H,1-7,10-64,70H2,(H,71,76)(H,72,78)(H,73,77)(H,79,80). The Bertz CT molecular complexity index is 1890. The van der Waals surface area contributed by atoms with Crippen molar-refractivity contribution in [2.24, 2.45) is 5.90 Å². The van der Waals surface area contributed by atoms with Crippen molar-refractivity contribution < 1.29 is 167 Å². The van der Waals surface area contributed by atoms with Gasteiger partial charge in [-0.05, 0) is 0 Å². The van der Waals surface area contributed by atoms with Crippen molar-refractivity contribution in [2.75, 3.05) is 376 Å². The van der Waals surface area contributed by atoms with Gasteiger partial charge in [-0.2, -0.15) is 0 Å². The van der Waals surface area contributed by atoms with Crippen molar-refractivity contribution in [2.45, 2.75) is 37.6 Å². The molecule has 0 heterocycles. The number of carboxylic acids is 1. The Kier molecular flexibility index (Phi) is 87.0. The zero-order valence-electron chi connectivity index (χ0n) is 63.9. The molecule has 0 radical (unpaired) electrons. The van der Waals surface area contributed by atoms with Gasteiger partial charge in [-0.25, -0.2) is 5.90 Å². The second kappa shape index (κ2) is 90.3. The van der Waals surface area contributed by atoms with Crippen LogP contribution in [-0.2, 0) is 162 Å². The Labute approximate surface area is 636 Å². The fraction of sp³-hybridized carbons (Fsp3) is 0.913. The number of hydrogen-bond acceptors (Lipinski definition) is 35. The quantitative estimate of drug-likeness (QED) is 0.0246. The van der Waals surface area contributed by atoms with Crippen LogP contribution < -0.4 is 21.8 Å². The van der Waals surface area contributed by atoms with Gasteiger partial charge in [-0.3, -0.25) is 24.0 Å². The minimum Gasteiger partial charge on any atom is -0.481 e. The van der Waals surface area contributed by atoms with Crippen LogP contribution in [0, 0.1) is 0 Å². The fourth-order valence-electron chi connectivity index (χ4n) is 7.93. The van der Waals surface area contributed by atoms with Gasteiger partial charge in [-0.1, -0.05) is 0 Å². The third-order valence-electron chi connectivity index (χ3n) is 13.2. The average Bonchev–Trinajstić information content (AvgIpc) is 0.857. The highest BCUT2D eigenvalue weighted by Gasteiger charge is 2.34. The number of aliphatic carboxylic acids is 1. The van der Waals surface area contributed by atoms with E-state index >= 15 is 0 Å². The first kappa shape index (κ1) is 104. The molecule has 0 bridgehead atoms. The van der Waals surface area contributed by atoms with E-state index in [1.807, 2.05) is 0 Å². The largest absolute Gasteiger partial charge is 0.481 e. The van der Waals surface area contributed by atoms with Gasteiger partial charge in [0.05, 0.1) is 363 Å². The van der Waals surface area contributed by atoms with Gasteiger partial charge < -0.3 is 159 Å². The molecule has 0 unspecified atom stereocenters. The molecule has 0 aromatic carbocycles. The summed E-state index contributed by atoms with van der Waals surface area (Å²) in [6.45, 7) is 19.5. The highest BCUT2D eigenvalue weighted by molar-refractivity contribution is 5.77. The van der Waals surface area contributed by atoms with Crippen LogP contribution in [0.3, 0.4) is 0 Å². The van der Waals surface area contributed by atoms with Crippen molar-refractivity contribution in [1.82, 2.24) is 16.0 Å². The van der Waals surface area contributed by atoms with E-state index in [1.54, 1.807) is 0 Å². The van der Waals surface area contributed by atoms with E-state index in [0.717, 1.165) is 12.6 Å². The van der Waals surface area contributed by atoms with Gasteiger partial charge in [0, 0.05) is 38.8 Å². The third kappa shape index (κ3) is 86.1. The Morgan fingerprint density at radius 1 is 0.250 bits per heavy atom. The first-order valence-electron chi connectivity index (χ1n) is 37.1. The van der Waals surface area contributed by atoms with E-state index < -0.39 is 11.5 Å². The number of carbonyl (C=O) groups excluding carboxylic acids is 5. The molecule has 0 saturated heterocycles. The SMILES string of the molecule is NOCC(=O)NCCOCCOCCOCCOCCOCCOCCOCCOCCOCCOCCOCCOCCC(=O)NC(COCCC=O)(COCCC=O)COCCC(=O)NCCOCCOCCOCCOCCOCCOCCOCCOCCOCCOCCOCCOCCC(=O)O. The molecular weight excluding hydrogens is 1440 g/mol. The Morgan fingerprint density at radius 2 is 0.444 bits per heavy atom. The van der Waals surface area contributed by atoms with Crippen molar-refractivity contribution in [3.8, 4) is 0 Å². The number of ether oxygens (including phenoxy) is 27. The first-order chi connectivity index (χ1) is 53.3. The molecule has 638 valence electrons. The average molecular weight is 1580 g/mol. The molecule has 39 nitrogen and oxygen atoms in total. The lowest BCUT2D eigenvalue weighted by Crippen LogP contribution is -2.58. The number of carbonyl (C=O) groups is 6. The number of rotatable bonds is 96. The lowest BCUT2D eigenvalue weighted by molar-refractivity contribution is -0.138. The monoisotopic (exact) mass is 1580 g/mol. The van der Waals surface area contributed by atoms with E-state index in [4.69, 9.17) is 139 Å². The lowest BCUT2D eigenvalue weighted by atomic mass is 10.0. The molecule has 0 atom stereocenters. The molecule has 0 aromatic heterocycles. The van der Waals surface area contributed by atoms with Crippen molar-refractivity contribution in [3.63, 3.8) is 0 Å². The maximum Gasteiger partial charge on any atom is 0.305 e. The number of nitrogens with two attached hydrogens (primary N) is 1. The molecule has 0 fully saturated rings. The van der Waals surface area contributed by atoms with Gasteiger partial charge in [0.15, 0.2) is 0 Å². The summed E-state index contributed by atoms with van der Waals surface area (Å²) in [6, 6.07) is 0. The molecule has 0 aliphatic rings. The third-order valence-corrected chi connectivity index (χ3v) is 13.2. The summed E-state index contributed by atoms with van der Waals surface area (Å²) in [5.41, 5.74) is -1.21. The van der Waals surface area contributed by atoms with Gasteiger partial charge in [-0.15, -0.1) is 0 Å². The topological polar surface area (TPSA) is 443 Å².